The van der Waals surface area contributed by atoms with Crippen LogP contribution in [0.25, 0.3) is 0 Å². The minimum Gasteiger partial charge on any atom is -0.378 e. The Bertz CT molecular complexity index is 421. The van der Waals surface area contributed by atoms with E-state index < -0.39 is 0 Å². The molecule has 0 atom stereocenters. The number of amides is 1. The fourth-order valence-electron chi connectivity index (χ4n) is 1.82. The minimum absolute atomic E-state index is 0.0569. The van der Waals surface area contributed by atoms with E-state index in [4.69, 9.17) is 9.47 Å². The molecule has 0 aliphatic carbocycles. The monoisotopic (exact) mass is 266 g/mol. The molecule has 0 spiro atoms. The highest BCUT2D eigenvalue weighted by atomic mass is 16.5. The van der Waals surface area contributed by atoms with Crippen molar-refractivity contribution in [2.24, 2.45) is 0 Å². The Kier molecular flexibility index (Phi) is 5.05. The number of nitrogens with zero attached hydrogens (tertiary/aromatic N) is 3. The number of hydrogen-bond donors (Lipinski definition) is 1. The maximum Gasteiger partial charge on any atom is 0.246 e. The van der Waals surface area contributed by atoms with Gasteiger partial charge in [-0.15, -0.1) is 0 Å². The number of carbonyl (C=O) groups excluding carboxylic acids is 1. The molecule has 1 N–H and O–H groups in total. The molecule has 0 unspecified atom stereocenters. The van der Waals surface area contributed by atoms with Crippen molar-refractivity contribution in [2.75, 3.05) is 44.9 Å². The van der Waals surface area contributed by atoms with Gasteiger partial charge in [0, 0.05) is 26.3 Å². The molecule has 1 fully saturated rings. The van der Waals surface area contributed by atoms with Crippen LogP contribution in [0.4, 0.5) is 5.82 Å². The van der Waals surface area contributed by atoms with Gasteiger partial charge in [-0.3, -0.25) is 4.79 Å². The van der Waals surface area contributed by atoms with Crippen molar-refractivity contribution in [1.29, 1.82) is 0 Å². The SMILES string of the molecule is COCC(=O)NCc1cc(N2CCOCC2)ncn1. The Morgan fingerprint density at radius 2 is 2.26 bits per heavy atom. The number of carbonyl (C=O) groups is 1. The fraction of sp³-hybridized carbons (Fsp3) is 0.583. The van der Waals surface area contributed by atoms with Crippen molar-refractivity contribution in [3.05, 3.63) is 18.1 Å². The lowest BCUT2D eigenvalue weighted by molar-refractivity contribution is -0.124. The molecule has 1 aromatic heterocycles. The maximum absolute atomic E-state index is 11.3. The lowest BCUT2D eigenvalue weighted by atomic mass is 10.3. The van der Waals surface area contributed by atoms with Crippen LogP contribution in [-0.2, 0) is 20.8 Å². The molecule has 2 rings (SSSR count). The number of nitrogens with one attached hydrogen (secondary N) is 1. The molecule has 7 heteroatoms. The molecule has 0 saturated carbocycles. The van der Waals surface area contributed by atoms with Crippen LogP contribution >= 0.6 is 0 Å². The third kappa shape index (κ3) is 4.15. The summed E-state index contributed by atoms with van der Waals surface area (Å²) < 4.78 is 10.0. The summed E-state index contributed by atoms with van der Waals surface area (Å²) >= 11 is 0. The largest absolute Gasteiger partial charge is 0.378 e. The number of methoxy groups -OCH3 is 1. The van der Waals surface area contributed by atoms with E-state index in [2.05, 4.69) is 20.2 Å². The van der Waals surface area contributed by atoms with Gasteiger partial charge in [-0.25, -0.2) is 9.97 Å². The Balaban J connectivity index is 1.92. The summed E-state index contributed by atoms with van der Waals surface area (Å²) in [5.41, 5.74) is 0.779. The summed E-state index contributed by atoms with van der Waals surface area (Å²) in [6.45, 7) is 3.51. The number of hydrogen-bond acceptors (Lipinski definition) is 6. The second-order valence-electron chi connectivity index (χ2n) is 4.18. The maximum atomic E-state index is 11.3. The highest BCUT2D eigenvalue weighted by Crippen LogP contribution is 2.12. The van der Waals surface area contributed by atoms with Crippen molar-refractivity contribution in [2.45, 2.75) is 6.54 Å². The number of morpholine rings is 1. The second kappa shape index (κ2) is 7.01. The average molecular weight is 266 g/mol. The highest BCUT2D eigenvalue weighted by molar-refractivity contribution is 5.77. The molecule has 7 nitrogen and oxygen atoms in total. The van der Waals surface area contributed by atoms with E-state index in [0.717, 1.165) is 24.6 Å². The molecule has 0 bridgehead atoms. The van der Waals surface area contributed by atoms with Crippen LogP contribution in [0.5, 0.6) is 0 Å². The molecule has 1 saturated heterocycles. The quantitative estimate of drug-likeness (QED) is 0.780. The summed E-state index contributed by atoms with van der Waals surface area (Å²) in [6.07, 6.45) is 1.52. The number of ether oxygens (including phenoxy) is 2. The van der Waals surface area contributed by atoms with Gasteiger partial charge in [-0.2, -0.15) is 0 Å². The van der Waals surface area contributed by atoms with Crippen LogP contribution in [0.1, 0.15) is 5.69 Å². The lowest BCUT2D eigenvalue weighted by Crippen LogP contribution is -2.37. The average Bonchev–Trinajstić information content (AvgIpc) is 2.47. The van der Waals surface area contributed by atoms with Crippen LogP contribution in [0.15, 0.2) is 12.4 Å². The zero-order chi connectivity index (χ0) is 13.5. The van der Waals surface area contributed by atoms with Crippen molar-refractivity contribution in [3.63, 3.8) is 0 Å². The zero-order valence-electron chi connectivity index (χ0n) is 11.0. The first-order valence-corrected chi connectivity index (χ1v) is 6.19. The second-order valence-corrected chi connectivity index (χ2v) is 4.18. The van der Waals surface area contributed by atoms with E-state index >= 15 is 0 Å². The van der Waals surface area contributed by atoms with E-state index in [1.54, 1.807) is 0 Å². The van der Waals surface area contributed by atoms with Crippen LogP contribution < -0.4 is 10.2 Å². The van der Waals surface area contributed by atoms with Gasteiger partial charge in [0.2, 0.25) is 5.91 Å². The highest BCUT2D eigenvalue weighted by Gasteiger charge is 2.13. The Hall–Kier alpha value is -1.73. The summed E-state index contributed by atoms with van der Waals surface area (Å²) in [4.78, 5) is 21.8. The summed E-state index contributed by atoms with van der Waals surface area (Å²) in [7, 11) is 1.49. The van der Waals surface area contributed by atoms with Crippen LogP contribution in [0.3, 0.4) is 0 Å². The standard InChI is InChI=1S/C12H18N4O3/c1-18-8-12(17)13-7-10-6-11(15-9-14-10)16-2-4-19-5-3-16/h6,9H,2-5,7-8H2,1H3,(H,13,17). The predicted molar refractivity (Wildman–Crippen MR) is 68.8 cm³/mol. The third-order valence-corrected chi connectivity index (χ3v) is 2.79. The summed E-state index contributed by atoms with van der Waals surface area (Å²) in [5, 5.41) is 2.73. The molecule has 1 aromatic rings. The molecule has 1 aliphatic heterocycles. The first-order chi connectivity index (χ1) is 9.29. The Morgan fingerprint density at radius 3 is 3.00 bits per heavy atom. The van der Waals surface area contributed by atoms with E-state index in [0.29, 0.717) is 19.8 Å². The van der Waals surface area contributed by atoms with Gasteiger partial charge < -0.3 is 19.7 Å². The molecule has 0 aromatic carbocycles. The molecular weight excluding hydrogens is 248 g/mol. The van der Waals surface area contributed by atoms with Crippen molar-refractivity contribution >= 4 is 11.7 Å². The first kappa shape index (κ1) is 13.7. The van der Waals surface area contributed by atoms with Gasteiger partial charge in [0.05, 0.1) is 25.5 Å². The van der Waals surface area contributed by atoms with Gasteiger partial charge in [-0.05, 0) is 0 Å². The normalized spacial score (nSPS) is 15.3. The third-order valence-electron chi connectivity index (χ3n) is 2.79. The summed E-state index contributed by atoms with van der Waals surface area (Å²) in [5.74, 6) is 0.711. The molecule has 1 aliphatic rings. The Labute approximate surface area is 111 Å². The molecule has 1 amide bonds. The fourth-order valence-corrected chi connectivity index (χ4v) is 1.82. The van der Waals surface area contributed by atoms with Gasteiger partial charge in [0.15, 0.2) is 0 Å². The number of rotatable bonds is 5. The number of aromatic nitrogens is 2. The van der Waals surface area contributed by atoms with Crippen LogP contribution in [0, 0.1) is 0 Å². The van der Waals surface area contributed by atoms with E-state index in [1.165, 1.54) is 13.4 Å². The van der Waals surface area contributed by atoms with Crippen molar-refractivity contribution < 1.29 is 14.3 Å². The molecule has 19 heavy (non-hydrogen) atoms. The van der Waals surface area contributed by atoms with Crippen molar-refractivity contribution in [3.8, 4) is 0 Å². The van der Waals surface area contributed by atoms with E-state index in [9.17, 15) is 4.79 Å². The smallest absolute Gasteiger partial charge is 0.246 e. The lowest BCUT2D eigenvalue weighted by Gasteiger charge is -2.27. The van der Waals surface area contributed by atoms with Crippen LogP contribution in [0.2, 0.25) is 0 Å². The van der Waals surface area contributed by atoms with E-state index in [-0.39, 0.29) is 12.5 Å². The van der Waals surface area contributed by atoms with Gasteiger partial charge in [-0.1, -0.05) is 0 Å². The zero-order valence-corrected chi connectivity index (χ0v) is 11.0. The van der Waals surface area contributed by atoms with Gasteiger partial charge >= 0.3 is 0 Å². The van der Waals surface area contributed by atoms with Gasteiger partial charge in [0.25, 0.3) is 0 Å². The van der Waals surface area contributed by atoms with E-state index in [1.807, 2.05) is 6.07 Å². The molecule has 0 radical (unpaired) electrons. The summed E-state index contributed by atoms with van der Waals surface area (Å²) in [6, 6.07) is 1.89. The molecular formula is C12H18N4O3. The molecule has 2 heterocycles. The predicted octanol–water partition coefficient (Wildman–Crippen LogP) is -0.424. The topological polar surface area (TPSA) is 76.6 Å². The minimum atomic E-state index is -0.158. The van der Waals surface area contributed by atoms with Gasteiger partial charge in [0.1, 0.15) is 18.8 Å². The Morgan fingerprint density at radius 1 is 1.47 bits per heavy atom. The molecule has 104 valence electrons. The van der Waals surface area contributed by atoms with Crippen LogP contribution in [-0.4, -0.2) is 55.9 Å². The number of anilines is 1. The first-order valence-electron chi connectivity index (χ1n) is 6.19. The van der Waals surface area contributed by atoms with Crippen molar-refractivity contribution in [1.82, 2.24) is 15.3 Å².